The number of benzene rings is 2. The minimum absolute atomic E-state index is 0.0202. The zero-order chi connectivity index (χ0) is 32.9. The SMILES string of the molecule is COC(=O)CC[C@@H](C)C[C@H](C)C[C@H](C)/C(O)=C/C(=O)[C@H](C)C[C@@H](C)CCO[Si](c1ccccc1)(c1ccccc1)C(C)(C)C. The monoisotopic (exact) mass is 622 g/mol. The van der Waals surface area contributed by atoms with Crippen LogP contribution in [-0.4, -0.2) is 38.9 Å². The molecule has 5 nitrogen and oxygen atoms in total. The topological polar surface area (TPSA) is 72.8 Å². The number of aliphatic hydroxyl groups excluding tert-OH is 1. The third kappa shape index (κ3) is 11.0. The standard InChI is InChI=1S/C38H58O5Si/c1-28(20-21-37(41)42-9)24-30(3)26-32(5)36(40)27-35(39)31(4)25-29(2)22-23-43-44(38(6,7)8,33-16-12-10-13-17-33)34-18-14-11-15-19-34/h10-19,27-32,40H,20-26H2,1-9H3/b36-27-/t28-,29+,30+,31-,32+/m1/s1. The van der Waals surface area contributed by atoms with Gasteiger partial charge < -0.3 is 14.3 Å². The van der Waals surface area contributed by atoms with E-state index < -0.39 is 8.32 Å². The van der Waals surface area contributed by atoms with Gasteiger partial charge in [-0.1, -0.05) is 116 Å². The zero-order valence-corrected chi connectivity index (χ0v) is 29.8. The van der Waals surface area contributed by atoms with E-state index in [1.54, 1.807) is 0 Å². The summed E-state index contributed by atoms with van der Waals surface area (Å²) in [5, 5.41) is 13.2. The predicted molar refractivity (Wildman–Crippen MR) is 185 cm³/mol. The van der Waals surface area contributed by atoms with E-state index in [9.17, 15) is 14.7 Å². The first kappa shape index (κ1) is 37.5. The van der Waals surface area contributed by atoms with Crippen LogP contribution < -0.4 is 10.4 Å². The quantitative estimate of drug-likeness (QED) is 0.0784. The van der Waals surface area contributed by atoms with Gasteiger partial charge in [0, 0.05) is 30.9 Å². The Morgan fingerprint density at radius 2 is 1.27 bits per heavy atom. The lowest BCUT2D eigenvalue weighted by molar-refractivity contribution is -0.141. The molecule has 1 N–H and O–H groups in total. The molecule has 2 aromatic carbocycles. The fraction of sp³-hybridized carbons (Fsp3) is 0.579. The van der Waals surface area contributed by atoms with Crippen molar-refractivity contribution < 1.29 is 23.9 Å². The first-order valence-corrected chi connectivity index (χ1v) is 18.4. The Bertz CT molecular complexity index is 1130. The maximum Gasteiger partial charge on any atom is 0.305 e. The smallest absolute Gasteiger partial charge is 0.305 e. The highest BCUT2D eigenvalue weighted by atomic mass is 28.4. The van der Waals surface area contributed by atoms with Crippen molar-refractivity contribution >= 4 is 30.4 Å². The molecule has 0 fully saturated rings. The van der Waals surface area contributed by atoms with Crippen molar-refractivity contribution in [2.75, 3.05) is 13.7 Å². The minimum atomic E-state index is -2.58. The Morgan fingerprint density at radius 1 is 0.773 bits per heavy atom. The van der Waals surface area contributed by atoms with E-state index in [-0.39, 0.29) is 34.4 Å². The molecular formula is C38H58O5Si. The van der Waals surface area contributed by atoms with Crippen molar-refractivity contribution in [3.05, 3.63) is 72.5 Å². The first-order valence-electron chi connectivity index (χ1n) is 16.5. The van der Waals surface area contributed by atoms with E-state index in [1.807, 2.05) is 13.8 Å². The molecule has 0 aliphatic heterocycles. The largest absolute Gasteiger partial charge is 0.512 e. The minimum Gasteiger partial charge on any atom is -0.512 e. The molecule has 0 unspecified atom stereocenters. The van der Waals surface area contributed by atoms with Crippen LogP contribution in [0.25, 0.3) is 0 Å². The number of hydrogen-bond acceptors (Lipinski definition) is 5. The van der Waals surface area contributed by atoms with Crippen molar-refractivity contribution in [2.24, 2.45) is 29.6 Å². The Kier molecular flexibility index (Phi) is 15.1. The van der Waals surface area contributed by atoms with Crippen LogP contribution in [0.15, 0.2) is 72.5 Å². The van der Waals surface area contributed by atoms with Crippen molar-refractivity contribution in [3.8, 4) is 0 Å². The number of aliphatic hydroxyl groups is 1. The first-order chi connectivity index (χ1) is 20.7. The molecule has 0 saturated carbocycles. The van der Waals surface area contributed by atoms with Gasteiger partial charge in [0.05, 0.1) is 12.9 Å². The molecule has 2 rings (SSSR count). The Labute approximate surface area is 268 Å². The van der Waals surface area contributed by atoms with Crippen LogP contribution in [0.1, 0.15) is 93.9 Å². The van der Waals surface area contributed by atoms with Crippen molar-refractivity contribution in [1.82, 2.24) is 0 Å². The number of methoxy groups -OCH3 is 1. The lowest BCUT2D eigenvalue weighted by Crippen LogP contribution is -2.66. The maximum atomic E-state index is 13.1. The number of allylic oxidation sites excluding steroid dienone is 2. The van der Waals surface area contributed by atoms with Crippen LogP contribution in [-0.2, 0) is 18.8 Å². The third-order valence-electron chi connectivity index (χ3n) is 9.01. The fourth-order valence-corrected chi connectivity index (χ4v) is 11.1. The van der Waals surface area contributed by atoms with Gasteiger partial charge in [0.25, 0.3) is 8.32 Å². The van der Waals surface area contributed by atoms with Gasteiger partial charge in [-0.2, -0.15) is 0 Å². The zero-order valence-electron chi connectivity index (χ0n) is 28.8. The highest BCUT2D eigenvalue weighted by Gasteiger charge is 2.50. The lowest BCUT2D eigenvalue weighted by Gasteiger charge is -2.43. The van der Waals surface area contributed by atoms with E-state index in [4.69, 9.17) is 9.16 Å². The van der Waals surface area contributed by atoms with Gasteiger partial charge >= 0.3 is 5.97 Å². The molecule has 244 valence electrons. The Morgan fingerprint density at radius 3 is 1.77 bits per heavy atom. The summed E-state index contributed by atoms with van der Waals surface area (Å²) in [4.78, 5) is 24.5. The highest BCUT2D eigenvalue weighted by Crippen LogP contribution is 2.37. The second-order valence-electron chi connectivity index (χ2n) is 14.2. The summed E-state index contributed by atoms with van der Waals surface area (Å²) in [5.41, 5.74) is 0. The van der Waals surface area contributed by atoms with Gasteiger partial charge in [0.2, 0.25) is 0 Å². The molecule has 0 bridgehead atoms. The number of carbonyl (C=O) groups is 2. The van der Waals surface area contributed by atoms with E-state index in [1.165, 1.54) is 23.6 Å². The van der Waals surface area contributed by atoms with Crippen molar-refractivity contribution in [3.63, 3.8) is 0 Å². The van der Waals surface area contributed by atoms with Crippen LogP contribution in [0.4, 0.5) is 0 Å². The number of ether oxygens (including phenoxy) is 1. The highest BCUT2D eigenvalue weighted by molar-refractivity contribution is 6.99. The van der Waals surface area contributed by atoms with Gasteiger partial charge in [0.1, 0.15) is 0 Å². The summed E-state index contributed by atoms with van der Waals surface area (Å²) >= 11 is 0. The van der Waals surface area contributed by atoms with E-state index in [0.29, 0.717) is 30.8 Å². The predicted octanol–water partition coefficient (Wildman–Crippen LogP) is 8.27. The molecule has 0 spiro atoms. The Hall–Kier alpha value is -2.70. The summed E-state index contributed by atoms with van der Waals surface area (Å²) in [6.07, 6.45) is 6.05. The number of hydrogen-bond donors (Lipinski definition) is 1. The number of rotatable bonds is 18. The van der Waals surface area contributed by atoms with Crippen LogP contribution in [0.5, 0.6) is 0 Å². The van der Waals surface area contributed by atoms with Crippen LogP contribution >= 0.6 is 0 Å². The van der Waals surface area contributed by atoms with Gasteiger partial charge in [0.15, 0.2) is 5.78 Å². The summed E-state index contributed by atoms with van der Waals surface area (Å²) in [5.74, 6) is 0.766. The summed E-state index contributed by atoms with van der Waals surface area (Å²) < 4.78 is 11.8. The van der Waals surface area contributed by atoms with Crippen molar-refractivity contribution in [1.29, 1.82) is 0 Å². The average molecular weight is 623 g/mol. The maximum absolute atomic E-state index is 13.1. The molecule has 0 radical (unpaired) electrons. The van der Waals surface area contributed by atoms with Gasteiger partial charge in [-0.25, -0.2) is 0 Å². The molecular weight excluding hydrogens is 564 g/mol. The molecule has 0 amide bonds. The van der Waals surface area contributed by atoms with Gasteiger partial charge in [-0.05, 0) is 65.3 Å². The van der Waals surface area contributed by atoms with Gasteiger partial charge in [-0.15, -0.1) is 0 Å². The average Bonchev–Trinajstić information content (AvgIpc) is 2.98. The number of ketones is 1. The normalized spacial score (nSPS) is 16.1. The molecule has 0 saturated heterocycles. The molecule has 0 aliphatic carbocycles. The van der Waals surface area contributed by atoms with E-state index in [2.05, 4.69) is 102 Å². The molecule has 0 aromatic heterocycles. The van der Waals surface area contributed by atoms with Crippen LogP contribution in [0.3, 0.4) is 0 Å². The van der Waals surface area contributed by atoms with Crippen LogP contribution in [0, 0.1) is 29.6 Å². The fourth-order valence-electron chi connectivity index (χ4n) is 6.53. The van der Waals surface area contributed by atoms with Crippen LogP contribution in [0.2, 0.25) is 5.04 Å². The van der Waals surface area contributed by atoms with E-state index in [0.717, 1.165) is 32.1 Å². The second-order valence-corrected chi connectivity index (χ2v) is 18.5. The lowest BCUT2D eigenvalue weighted by atomic mass is 9.86. The molecule has 0 heterocycles. The van der Waals surface area contributed by atoms with Gasteiger partial charge in [-0.3, -0.25) is 9.59 Å². The summed E-state index contributed by atoms with van der Waals surface area (Å²) in [7, 11) is -1.16. The van der Waals surface area contributed by atoms with E-state index >= 15 is 0 Å². The number of esters is 1. The summed E-state index contributed by atoms with van der Waals surface area (Å²) in [6.45, 7) is 17.9. The molecule has 44 heavy (non-hydrogen) atoms. The third-order valence-corrected chi connectivity index (χ3v) is 14.1. The Balaban J connectivity index is 1.97. The summed E-state index contributed by atoms with van der Waals surface area (Å²) in [6, 6.07) is 21.4. The second kappa shape index (κ2) is 17.7. The molecule has 0 aliphatic rings. The van der Waals surface area contributed by atoms with Crippen molar-refractivity contribution in [2.45, 2.75) is 99.0 Å². The molecule has 2 aromatic rings. The number of carbonyl (C=O) groups excluding carboxylic acids is 2. The molecule has 6 heteroatoms. The molecule has 5 atom stereocenters.